The highest BCUT2D eigenvalue weighted by Gasteiger charge is 2.20. The molecule has 1 heterocycles. The van der Waals surface area contributed by atoms with Crippen molar-refractivity contribution in [3.05, 3.63) is 24.3 Å². The Morgan fingerprint density at radius 1 is 1.50 bits per heavy atom. The third-order valence-corrected chi connectivity index (χ3v) is 2.51. The molecule has 3 heteroatoms. The molecule has 2 rings (SSSR count). The van der Waals surface area contributed by atoms with Crippen molar-refractivity contribution < 1.29 is 4.74 Å². The molecule has 0 saturated carbocycles. The van der Waals surface area contributed by atoms with Gasteiger partial charge >= 0.3 is 0 Å². The van der Waals surface area contributed by atoms with Gasteiger partial charge in [0.1, 0.15) is 11.9 Å². The third kappa shape index (κ3) is 2.17. The van der Waals surface area contributed by atoms with Crippen LogP contribution in [0.3, 0.4) is 0 Å². The van der Waals surface area contributed by atoms with E-state index in [1.165, 1.54) is 0 Å². The maximum atomic E-state index is 5.80. The van der Waals surface area contributed by atoms with Gasteiger partial charge < -0.3 is 15.4 Å². The van der Waals surface area contributed by atoms with E-state index >= 15 is 0 Å². The Bertz CT molecular complexity index is 314. The summed E-state index contributed by atoms with van der Waals surface area (Å²) in [6.45, 7) is 2.13. The maximum absolute atomic E-state index is 5.80. The smallest absolute Gasteiger partial charge is 0.121 e. The van der Waals surface area contributed by atoms with Crippen molar-refractivity contribution >= 4 is 5.69 Å². The zero-order valence-electron chi connectivity index (χ0n) is 8.44. The van der Waals surface area contributed by atoms with E-state index in [4.69, 9.17) is 10.5 Å². The van der Waals surface area contributed by atoms with Gasteiger partial charge in [0.05, 0.1) is 0 Å². The minimum atomic E-state index is 0.321. The lowest BCUT2D eigenvalue weighted by Gasteiger charge is -2.13. The first-order chi connectivity index (χ1) is 6.74. The number of hydrogen-bond acceptors (Lipinski definition) is 3. The van der Waals surface area contributed by atoms with Crippen LogP contribution < -0.4 is 10.5 Å². The minimum absolute atomic E-state index is 0.321. The van der Waals surface area contributed by atoms with Crippen LogP contribution in [0.4, 0.5) is 5.69 Å². The number of anilines is 1. The molecule has 0 amide bonds. The van der Waals surface area contributed by atoms with Crippen LogP contribution in [0.15, 0.2) is 24.3 Å². The summed E-state index contributed by atoms with van der Waals surface area (Å²) in [6.07, 6.45) is 1.42. The lowest BCUT2D eigenvalue weighted by atomic mass is 10.3. The third-order valence-electron chi connectivity index (χ3n) is 2.51. The summed E-state index contributed by atoms with van der Waals surface area (Å²) >= 11 is 0. The highest BCUT2D eigenvalue weighted by atomic mass is 16.5. The summed E-state index contributed by atoms with van der Waals surface area (Å²) in [7, 11) is 2.11. The maximum Gasteiger partial charge on any atom is 0.121 e. The van der Waals surface area contributed by atoms with Crippen LogP contribution in [-0.2, 0) is 0 Å². The standard InChI is InChI=1S/C11H16N2O/c1-13-6-5-11(8-13)14-10-4-2-3-9(12)7-10/h2-4,7,11H,5-6,8,12H2,1H3. The molecule has 0 spiro atoms. The number of nitrogens with zero attached hydrogens (tertiary/aromatic N) is 1. The molecule has 0 aromatic heterocycles. The molecule has 1 atom stereocenters. The van der Waals surface area contributed by atoms with Gasteiger partial charge in [0.25, 0.3) is 0 Å². The Balaban J connectivity index is 1.97. The molecule has 0 bridgehead atoms. The summed E-state index contributed by atoms with van der Waals surface area (Å²) in [5.74, 6) is 0.880. The number of likely N-dealkylation sites (N-methyl/N-ethyl adjacent to an activating group) is 1. The zero-order chi connectivity index (χ0) is 9.97. The van der Waals surface area contributed by atoms with Crippen LogP contribution in [0, 0.1) is 0 Å². The lowest BCUT2D eigenvalue weighted by Crippen LogP contribution is -2.21. The van der Waals surface area contributed by atoms with Gasteiger partial charge in [-0.1, -0.05) is 6.07 Å². The second-order valence-corrected chi connectivity index (χ2v) is 3.86. The van der Waals surface area contributed by atoms with Crippen molar-refractivity contribution in [2.24, 2.45) is 0 Å². The fourth-order valence-electron chi connectivity index (χ4n) is 1.77. The van der Waals surface area contributed by atoms with Gasteiger partial charge in [-0.2, -0.15) is 0 Å². The first kappa shape index (κ1) is 9.34. The van der Waals surface area contributed by atoms with Crippen LogP contribution in [0.25, 0.3) is 0 Å². The SMILES string of the molecule is CN1CCC(Oc2cccc(N)c2)C1. The van der Waals surface area contributed by atoms with Crippen LogP contribution in [0.5, 0.6) is 5.75 Å². The molecular weight excluding hydrogens is 176 g/mol. The van der Waals surface area contributed by atoms with E-state index in [-0.39, 0.29) is 0 Å². The molecule has 1 unspecified atom stereocenters. The number of benzene rings is 1. The summed E-state index contributed by atoms with van der Waals surface area (Å²) < 4.78 is 5.80. The lowest BCUT2D eigenvalue weighted by molar-refractivity contribution is 0.208. The highest BCUT2D eigenvalue weighted by molar-refractivity contribution is 5.43. The first-order valence-electron chi connectivity index (χ1n) is 4.95. The van der Waals surface area contributed by atoms with E-state index in [9.17, 15) is 0 Å². The van der Waals surface area contributed by atoms with E-state index < -0.39 is 0 Å². The van der Waals surface area contributed by atoms with Gasteiger partial charge in [-0.15, -0.1) is 0 Å². The molecule has 14 heavy (non-hydrogen) atoms. The number of rotatable bonds is 2. The predicted octanol–water partition coefficient (Wildman–Crippen LogP) is 1.35. The Hall–Kier alpha value is -1.22. The first-order valence-corrected chi connectivity index (χ1v) is 4.95. The fourth-order valence-corrected chi connectivity index (χ4v) is 1.77. The number of hydrogen-bond donors (Lipinski definition) is 1. The van der Waals surface area contributed by atoms with Crippen LogP contribution in [0.2, 0.25) is 0 Å². The van der Waals surface area contributed by atoms with Crippen molar-refractivity contribution in [2.45, 2.75) is 12.5 Å². The van der Waals surface area contributed by atoms with Gasteiger partial charge in [0.15, 0.2) is 0 Å². The molecule has 1 aromatic rings. The van der Waals surface area contributed by atoms with E-state index in [1.807, 2.05) is 24.3 Å². The van der Waals surface area contributed by atoms with Crippen molar-refractivity contribution in [3.63, 3.8) is 0 Å². The van der Waals surface area contributed by atoms with Gasteiger partial charge in [-0.3, -0.25) is 0 Å². The van der Waals surface area contributed by atoms with Gasteiger partial charge in [-0.25, -0.2) is 0 Å². The Morgan fingerprint density at radius 3 is 3.00 bits per heavy atom. The molecule has 2 N–H and O–H groups in total. The van der Waals surface area contributed by atoms with Crippen molar-refractivity contribution in [2.75, 3.05) is 25.9 Å². The quantitative estimate of drug-likeness (QED) is 0.719. The summed E-state index contributed by atoms with van der Waals surface area (Å²) in [4.78, 5) is 2.27. The molecule has 3 nitrogen and oxygen atoms in total. The van der Waals surface area contributed by atoms with E-state index in [1.54, 1.807) is 0 Å². The average molecular weight is 192 g/mol. The molecule has 1 aromatic carbocycles. The molecule has 0 radical (unpaired) electrons. The molecule has 76 valence electrons. The Labute approximate surface area is 84.5 Å². The topological polar surface area (TPSA) is 38.5 Å². The minimum Gasteiger partial charge on any atom is -0.489 e. The normalized spacial score (nSPS) is 22.5. The van der Waals surface area contributed by atoms with Crippen molar-refractivity contribution in [3.8, 4) is 5.75 Å². The number of likely N-dealkylation sites (tertiary alicyclic amines) is 1. The van der Waals surface area contributed by atoms with Crippen molar-refractivity contribution in [1.29, 1.82) is 0 Å². The zero-order valence-corrected chi connectivity index (χ0v) is 8.44. The number of nitrogens with two attached hydrogens (primary N) is 1. The van der Waals surface area contributed by atoms with Crippen LogP contribution >= 0.6 is 0 Å². The molecule has 0 aliphatic carbocycles. The molecule has 1 aliphatic heterocycles. The monoisotopic (exact) mass is 192 g/mol. The average Bonchev–Trinajstić information content (AvgIpc) is 2.51. The molecule has 1 aliphatic rings. The fraction of sp³-hybridized carbons (Fsp3) is 0.455. The van der Waals surface area contributed by atoms with E-state index in [0.717, 1.165) is 30.9 Å². The summed E-state index contributed by atoms with van der Waals surface area (Å²) in [6, 6.07) is 7.62. The highest BCUT2D eigenvalue weighted by Crippen LogP contribution is 2.19. The summed E-state index contributed by atoms with van der Waals surface area (Å²) in [5, 5.41) is 0. The molecule has 1 fully saturated rings. The second kappa shape index (κ2) is 3.88. The largest absolute Gasteiger partial charge is 0.489 e. The van der Waals surface area contributed by atoms with Gasteiger partial charge in [0.2, 0.25) is 0 Å². The van der Waals surface area contributed by atoms with Crippen LogP contribution in [-0.4, -0.2) is 31.1 Å². The molecular formula is C11H16N2O. The van der Waals surface area contributed by atoms with Crippen molar-refractivity contribution in [1.82, 2.24) is 4.90 Å². The summed E-state index contributed by atoms with van der Waals surface area (Å²) in [5.41, 5.74) is 6.43. The number of ether oxygens (including phenoxy) is 1. The predicted molar refractivity (Wildman–Crippen MR) is 57.4 cm³/mol. The van der Waals surface area contributed by atoms with Crippen LogP contribution in [0.1, 0.15) is 6.42 Å². The number of nitrogen functional groups attached to an aromatic ring is 1. The van der Waals surface area contributed by atoms with E-state index in [2.05, 4.69) is 11.9 Å². The second-order valence-electron chi connectivity index (χ2n) is 3.86. The Kier molecular flexibility index (Phi) is 2.59. The molecule has 1 saturated heterocycles. The van der Waals surface area contributed by atoms with Gasteiger partial charge in [0, 0.05) is 24.8 Å². The van der Waals surface area contributed by atoms with Gasteiger partial charge in [-0.05, 0) is 25.6 Å². The Morgan fingerprint density at radius 2 is 2.36 bits per heavy atom. The van der Waals surface area contributed by atoms with E-state index in [0.29, 0.717) is 6.10 Å².